The summed E-state index contributed by atoms with van der Waals surface area (Å²) in [7, 11) is 0. The highest BCUT2D eigenvalue weighted by Crippen LogP contribution is 2.35. The maximum absolute atomic E-state index is 5.85. The van der Waals surface area contributed by atoms with E-state index in [2.05, 4.69) is 45.0 Å². The minimum absolute atomic E-state index is 0.329. The molecule has 1 aromatic rings. The molecule has 1 nitrogen and oxygen atoms in total. The molecular weight excluding hydrogens is 254 g/mol. The molecule has 0 fully saturated rings. The number of nitrogens with two attached hydrogens (primary N) is 1. The van der Waals surface area contributed by atoms with Gasteiger partial charge in [-0.15, -0.1) is 0 Å². The smallest absolute Gasteiger partial charge is 0.0314 e. The first-order valence-corrected chi connectivity index (χ1v) is 8.98. The van der Waals surface area contributed by atoms with E-state index in [4.69, 9.17) is 5.73 Å². The van der Waals surface area contributed by atoms with Crippen LogP contribution < -0.4 is 5.73 Å². The van der Waals surface area contributed by atoms with Crippen LogP contribution in [-0.2, 0) is 5.41 Å². The maximum atomic E-state index is 5.85. The molecule has 0 aliphatic heterocycles. The Hall–Kier alpha value is -0.980. The van der Waals surface area contributed by atoms with Gasteiger partial charge in [-0.3, -0.25) is 0 Å². The largest absolute Gasteiger partial charge is 0.399 e. The van der Waals surface area contributed by atoms with Gasteiger partial charge in [-0.05, 0) is 36.0 Å². The summed E-state index contributed by atoms with van der Waals surface area (Å²) < 4.78 is 0. The molecule has 120 valence electrons. The highest BCUT2D eigenvalue weighted by Gasteiger charge is 2.25. The number of hydrogen-bond acceptors (Lipinski definition) is 1. The molecule has 2 N–H and O–H groups in total. The molecule has 0 radical (unpaired) electrons. The highest BCUT2D eigenvalue weighted by molar-refractivity contribution is 5.41. The Balaban J connectivity index is 2.65. The molecule has 0 aliphatic carbocycles. The minimum Gasteiger partial charge on any atom is -0.399 e. The first kappa shape index (κ1) is 18.1. The average molecular weight is 290 g/mol. The number of unbranched alkanes of at least 4 members (excludes halogenated alkanes) is 6. The van der Waals surface area contributed by atoms with Crippen molar-refractivity contribution < 1.29 is 0 Å². The lowest BCUT2D eigenvalue weighted by Crippen LogP contribution is -2.22. The van der Waals surface area contributed by atoms with Crippen molar-refractivity contribution in [1.82, 2.24) is 0 Å². The summed E-state index contributed by atoms with van der Waals surface area (Å²) in [6.07, 6.45) is 13.4. The Kier molecular flexibility index (Phi) is 8.49. The van der Waals surface area contributed by atoms with E-state index in [1.165, 1.54) is 69.8 Å². The molecule has 1 rings (SSSR count). The molecule has 0 unspecified atom stereocenters. The summed E-state index contributed by atoms with van der Waals surface area (Å²) in [4.78, 5) is 0. The van der Waals surface area contributed by atoms with Crippen LogP contribution in [0, 0.1) is 0 Å². The first-order chi connectivity index (χ1) is 10.1. The fourth-order valence-corrected chi connectivity index (χ4v) is 3.18. The molecule has 0 heterocycles. The van der Waals surface area contributed by atoms with E-state index in [0.29, 0.717) is 5.41 Å². The van der Waals surface area contributed by atoms with E-state index in [-0.39, 0.29) is 0 Å². The van der Waals surface area contributed by atoms with Gasteiger partial charge < -0.3 is 5.73 Å². The molecule has 0 saturated heterocycles. The van der Waals surface area contributed by atoms with Crippen molar-refractivity contribution >= 4 is 5.69 Å². The minimum atomic E-state index is 0.329. The Morgan fingerprint density at radius 2 is 1.24 bits per heavy atom. The fourth-order valence-electron chi connectivity index (χ4n) is 3.18. The summed E-state index contributed by atoms with van der Waals surface area (Å²) in [6.45, 7) is 7.02. The second-order valence-corrected chi connectivity index (χ2v) is 6.80. The van der Waals surface area contributed by atoms with Crippen molar-refractivity contribution in [2.75, 3.05) is 5.73 Å². The Labute approximate surface area is 132 Å². The van der Waals surface area contributed by atoms with Crippen molar-refractivity contribution in [3.63, 3.8) is 0 Å². The number of anilines is 1. The van der Waals surface area contributed by atoms with Gasteiger partial charge in [-0.25, -0.2) is 0 Å². The van der Waals surface area contributed by atoms with E-state index < -0.39 is 0 Å². The molecule has 0 aliphatic rings. The van der Waals surface area contributed by atoms with Crippen molar-refractivity contribution in [1.29, 1.82) is 0 Å². The fraction of sp³-hybridized carbons (Fsp3) is 0.700. The Morgan fingerprint density at radius 1 is 0.762 bits per heavy atom. The number of rotatable bonds is 11. The second kappa shape index (κ2) is 9.87. The zero-order valence-electron chi connectivity index (χ0n) is 14.5. The van der Waals surface area contributed by atoms with Crippen LogP contribution in [0.1, 0.15) is 90.5 Å². The lowest BCUT2D eigenvalue weighted by molar-refractivity contribution is 0.364. The van der Waals surface area contributed by atoms with Gasteiger partial charge in [0.2, 0.25) is 0 Å². The predicted octanol–water partition coefficient (Wildman–Crippen LogP) is 6.47. The molecule has 21 heavy (non-hydrogen) atoms. The Morgan fingerprint density at radius 3 is 1.67 bits per heavy atom. The molecule has 0 aromatic heterocycles. The zero-order chi connectivity index (χ0) is 15.6. The lowest BCUT2D eigenvalue weighted by atomic mass is 9.74. The maximum Gasteiger partial charge on any atom is 0.0314 e. The van der Waals surface area contributed by atoms with Gasteiger partial charge in [0.15, 0.2) is 0 Å². The molecule has 0 saturated carbocycles. The van der Waals surface area contributed by atoms with Gasteiger partial charge in [-0.2, -0.15) is 0 Å². The standard InChI is InChI=1S/C20H35N/c1-4-6-8-10-16-20(3,17-11-9-7-5-2)18-12-14-19(21)15-13-18/h12-15H,4-11,16-17,21H2,1-3H3. The summed E-state index contributed by atoms with van der Waals surface area (Å²) in [5.41, 5.74) is 8.53. The van der Waals surface area contributed by atoms with Crippen LogP contribution in [0.3, 0.4) is 0 Å². The van der Waals surface area contributed by atoms with Crippen LogP contribution >= 0.6 is 0 Å². The molecular formula is C20H35N. The van der Waals surface area contributed by atoms with Crippen LogP contribution in [0.15, 0.2) is 24.3 Å². The highest BCUT2D eigenvalue weighted by atomic mass is 14.5. The number of hydrogen-bond donors (Lipinski definition) is 1. The van der Waals surface area contributed by atoms with Gasteiger partial charge in [0.05, 0.1) is 0 Å². The van der Waals surface area contributed by atoms with Gasteiger partial charge >= 0.3 is 0 Å². The van der Waals surface area contributed by atoms with E-state index in [0.717, 1.165) is 5.69 Å². The lowest BCUT2D eigenvalue weighted by Gasteiger charge is -2.31. The second-order valence-electron chi connectivity index (χ2n) is 6.80. The SMILES string of the molecule is CCCCCCC(C)(CCCCCC)c1ccc(N)cc1. The van der Waals surface area contributed by atoms with Gasteiger partial charge in [0, 0.05) is 5.69 Å². The van der Waals surface area contributed by atoms with Crippen LogP contribution in [-0.4, -0.2) is 0 Å². The average Bonchev–Trinajstić information content (AvgIpc) is 2.49. The first-order valence-electron chi connectivity index (χ1n) is 8.98. The quantitative estimate of drug-likeness (QED) is 0.367. The summed E-state index contributed by atoms with van der Waals surface area (Å²) in [5.74, 6) is 0. The van der Waals surface area contributed by atoms with Crippen LogP contribution in [0.5, 0.6) is 0 Å². The summed E-state index contributed by atoms with van der Waals surface area (Å²) in [5, 5.41) is 0. The van der Waals surface area contributed by atoms with Crippen LogP contribution in [0.4, 0.5) is 5.69 Å². The third-order valence-corrected chi connectivity index (χ3v) is 4.77. The van der Waals surface area contributed by atoms with Crippen molar-refractivity contribution in [2.24, 2.45) is 0 Å². The summed E-state index contributed by atoms with van der Waals surface area (Å²) in [6, 6.07) is 8.61. The molecule has 1 aromatic carbocycles. The van der Waals surface area contributed by atoms with E-state index in [1.54, 1.807) is 0 Å². The Bertz CT molecular complexity index is 354. The van der Waals surface area contributed by atoms with Gasteiger partial charge in [0.25, 0.3) is 0 Å². The van der Waals surface area contributed by atoms with E-state index in [1.807, 2.05) is 0 Å². The monoisotopic (exact) mass is 289 g/mol. The summed E-state index contributed by atoms with van der Waals surface area (Å²) >= 11 is 0. The normalized spacial score (nSPS) is 11.8. The number of nitrogen functional groups attached to an aromatic ring is 1. The molecule has 0 spiro atoms. The molecule has 0 atom stereocenters. The zero-order valence-corrected chi connectivity index (χ0v) is 14.5. The van der Waals surface area contributed by atoms with E-state index in [9.17, 15) is 0 Å². The van der Waals surface area contributed by atoms with Crippen molar-refractivity contribution in [3.05, 3.63) is 29.8 Å². The van der Waals surface area contributed by atoms with Gasteiger partial charge in [0.1, 0.15) is 0 Å². The molecule has 0 amide bonds. The topological polar surface area (TPSA) is 26.0 Å². The molecule has 1 heteroatoms. The van der Waals surface area contributed by atoms with Gasteiger partial charge in [-0.1, -0.05) is 84.3 Å². The third kappa shape index (κ3) is 6.54. The number of benzene rings is 1. The third-order valence-electron chi connectivity index (χ3n) is 4.77. The van der Waals surface area contributed by atoms with Crippen LogP contribution in [0.25, 0.3) is 0 Å². The predicted molar refractivity (Wildman–Crippen MR) is 95.7 cm³/mol. The van der Waals surface area contributed by atoms with E-state index >= 15 is 0 Å². The molecule has 0 bridgehead atoms. The van der Waals surface area contributed by atoms with Crippen molar-refractivity contribution in [2.45, 2.75) is 90.4 Å². The van der Waals surface area contributed by atoms with Crippen molar-refractivity contribution in [3.8, 4) is 0 Å². The van der Waals surface area contributed by atoms with Crippen LogP contribution in [0.2, 0.25) is 0 Å².